The first kappa shape index (κ1) is 24.8. The van der Waals surface area contributed by atoms with E-state index in [9.17, 15) is 9.90 Å². The number of rotatable bonds is 8. The smallest absolute Gasteiger partial charge is 0.303 e. The van der Waals surface area contributed by atoms with Crippen molar-refractivity contribution >= 4 is 21.9 Å². The van der Waals surface area contributed by atoms with Crippen molar-refractivity contribution in [1.82, 2.24) is 0 Å². The minimum atomic E-state index is -0.622. The lowest BCUT2D eigenvalue weighted by Gasteiger charge is -2.59. The molecule has 0 aromatic heterocycles. The van der Waals surface area contributed by atoms with E-state index in [4.69, 9.17) is 0 Å². The lowest BCUT2D eigenvalue weighted by atomic mass is 9.46. The standard InChI is InChI=1S/C29H47BrO2/c1-19(2)6-5-7-20(3)24-10-11-25-23-9-8-22-16-21(17-27(31)32)12-15-29(22,18-30)26(23)13-14-28(24,25)4/h8,19-21,23-26H,5-7,9-18H2,1-4H3,(H,31,32)/t20-,21+,23+,24-,25+,26+,28-,29-/m1/s1. The summed E-state index contributed by atoms with van der Waals surface area (Å²) in [5.41, 5.74) is 2.46. The number of carboxylic acids is 1. The highest BCUT2D eigenvalue weighted by Gasteiger charge is 2.60. The van der Waals surface area contributed by atoms with Crippen molar-refractivity contribution in [3.05, 3.63) is 11.6 Å². The van der Waals surface area contributed by atoms with Crippen molar-refractivity contribution < 1.29 is 9.90 Å². The quantitative estimate of drug-likeness (QED) is 0.264. The molecule has 0 amide bonds. The molecule has 0 aliphatic heterocycles. The monoisotopic (exact) mass is 506 g/mol. The van der Waals surface area contributed by atoms with Gasteiger partial charge in [-0.1, -0.05) is 74.5 Å². The average Bonchev–Trinajstić information content (AvgIpc) is 3.10. The first-order valence-electron chi connectivity index (χ1n) is 13.7. The average molecular weight is 508 g/mol. The zero-order valence-electron chi connectivity index (χ0n) is 21.0. The summed E-state index contributed by atoms with van der Waals surface area (Å²) in [4.78, 5) is 11.3. The van der Waals surface area contributed by atoms with Crippen LogP contribution in [0.15, 0.2) is 11.6 Å². The third-order valence-corrected chi connectivity index (χ3v) is 11.8. The molecule has 3 saturated carbocycles. The van der Waals surface area contributed by atoms with Crippen molar-refractivity contribution in [2.24, 2.45) is 52.3 Å². The molecule has 3 fully saturated rings. The Morgan fingerprint density at radius 1 is 1.12 bits per heavy atom. The van der Waals surface area contributed by atoms with Crippen LogP contribution in [0.2, 0.25) is 0 Å². The van der Waals surface area contributed by atoms with Gasteiger partial charge >= 0.3 is 5.97 Å². The zero-order chi connectivity index (χ0) is 23.1. The number of alkyl halides is 1. The van der Waals surface area contributed by atoms with Gasteiger partial charge in [0, 0.05) is 17.2 Å². The van der Waals surface area contributed by atoms with E-state index >= 15 is 0 Å². The van der Waals surface area contributed by atoms with Gasteiger partial charge in [0.2, 0.25) is 0 Å². The fraction of sp³-hybridized carbons (Fsp3) is 0.897. The predicted molar refractivity (Wildman–Crippen MR) is 137 cm³/mol. The second kappa shape index (κ2) is 9.74. The van der Waals surface area contributed by atoms with Crippen LogP contribution in [-0.2, 0) is 4.79 Å². The van der Waals surface area contributed by atoms with E-state index in [-0.39, 0.29) is 0 Å². The van der Waals surface area contributed by atoms with Gasteiger partial charge in [-0.3, -0.25) is 4.79 Å². The molecule has 1 N–H and O–H groups in total. The molecular formula is C29H47BrO2. The maximum Gasteiger partial charge on any atom is 0.303 e. The Labute approximate surface area is 205 Å². The van der Waals surface area contributed by atoms with Crippen LogP contribution in [0.4, 0.5) is 0 Å². The normalized spacial score (nSPS) is 42.1. The summed E-state index contributed by atoms with van der Waals surface area (Å²) in [6, 6.07) is 0. The van der Waals surface area contributed by atoms with Crippen molar-refractivity contribution in [2.75, 3.05) is 5.33 Å². The van der Waals surface area contributed by atoms with Gasteiger partial charge in [0.25, 0.3) is 0 Å². The van der Waals surface area contributed by atoms with Crippen LogP contribution in [0.25, 0.3) is 0 Å². The van der Waals surface area contributed by atoms with Crippen LogP contribution in [0, 0.1) is 52.3 Å². The van der Waals surface area contributed by atoms with Crippen LogP contribution in [-0.4, -0.2) is 16.4 Å². The Kier molecular flexibility index (Phi) is 7.55. The summed E-state index contributed by atoms with van der Waals surface area (Å²) >= 11 is 3.98. The SMILES string of the molecule is CC(C)CCC[C@@H](C)[C@H]1CC[C@H]2[C@@H]3CC=C4C[C@@H](CC(=O)O)CC[C@]4(CBr)[C@H]3CC[C@]12C. The molecule has 0 spiro atoms. The molecule has 0 unspecified atom stereocenters. The van der Waals surface area contributed by atoms with Crippen LogP contribution >= 0.6 is 15.9 Å². The summed E-state index contributed by atoms with van der Waals surface area (Å²) in [6.07, 6.45) is 17.4. The van der Waals surface area contributed by atoms with Crippen molar-refractivity contribution in [3.8, 4) is 0 Å². The van der Waals surface area contributed by atoms with E-state index in [1.54, 1.807) is 5.57 Å². The highest BCUT2D eigenvalue weighted by atomic mass is 79.9. The number of carboxylic acid groups (broad SMARTS) is 1. The minimum Gasteiger partial charge on any atom is -0.481 e. The molecule has 4 aliphatic rings. The molecule has 2 nitrogen and oxygen atoms in total. The molecule has 0 radical (unpaired) electrons. The lowest BCUT2D eigenvalue weighted by Crippen LogP contribution is -2.52. The first-order chi connectivity index (χ1) is 15.2. The largest absolute Gasteiger partial charge is 0.481 e. The van der Waals surface area contributed by atoms with Gasteiger partial charge in [-0.2, -0.15) is 0 Å². The number of carbonyl (C=O) groups is 1. The zero-order valence-corrected chi connectivity index (χ0v) is 22.6. The summed E-state index contributed by atoms with van der Waals surface area (Å²) in [6.45, 7) is 9.96. The van der Waals surface area contributed by atoms with Crippen LogP contribution in [0.3, 0.4) is 0 Å². The van der Waals surface area contributed by atoms with E-state index in [0.717, 1.165) is 53.7 Å². The topological polar surface area (TPSA) is 37.3 Å². The number of aliphatic carboxylic acids is 1. The van der Waals surface area contributed by atoms with Gasteiger partial charge in [0.05, 0.1) is 0 Å². The number of allylic oxidation sites excluding steroid dienone is 2. The van der Waals surface area contributed by atoms with Gasteiger partial charge < -0.3 is 5.11 Å². The molecule has 0 heterocycles. The molecule has 32 heavy (non-hydrogen) atoms. The predicted octanol–water partition coefficient (Wildman–Crippen LogP) is 8.49. The van der Waals surface area contributed by atoms with E-state index in [2.05, 4.69) is 49.7 Å². The van der Waals surface area contributed by atoms with E-state index in [1.165, 1.54) is 57.8 Å². The molecule has 0 aromatic carbocycles. The van der Waals surface area contributed by atoms with E-state index < -0.39 is 5.97 Å². The second-order valence-electron chi connectivity index (χ2n) is 12.9. The van der Waals surface area contributed by atoms with Crippen molar-refractivity contribution in [3.63, 3.8) is 0 Å². The number of hydrogen-bond donors (Lipinski definition) is 1. The van der Waals surface area contributed by atoms with E-state index in [0.29, 0.717) is 23.2 Å². The maximum atomic E-state index is 11.3. The Hall–Kier alpha value is -0.310. The highest BCUT2D eigenvalue weighted by molar-refractivity contribution is 9.09. The first-order valence-corrected chi connectivity index (χ1v) is 14.8. The van der Waals surface area contributed by atoms with E-state index in [1.807, 2.05) is 0 Å². The molecule has 182 valence electrons. The Bertz CT molecular complexity index is 714. The lowest BCUT2D eigenvalue weighted by molar-refractivity contribution is -0.138. The fourth-order valence-corrected chi connectivity index (χ4v) is 10.3. The molecule has 4 rings (SSSR count). The Balaban J connectivity index is 1.50. The summed E-state index contributed by atoms with van der Waals surface area (Å²) < 4.78 is 0. The van der Waals surface area contributed by atoms with Gasteiger partial charge in [0.15, 0.2) is 0 Å². The third-order valence-electron chi connectivity index (χ3n) is 10.8. The van der Waals surface area contributed by atoms with Gasteiger partial charge in [-0.05, 0) is 98.2 Å². The molecule has 8 atom stereocenters. The van der Waals surface area contributed by atoms with Crippen molar-refractivity contribution in [2.45, 2.75) is 105 Å². The molecule has 4 aliphatic carbocycles. The molecule has 0 aromatic rings. The number of hydrogen-bond acceptors (Lipinski definition) is 1. The Morgan fingerprint density at radius 2 is 1.91 bits per heavy atom. The molecule has 3 heteroatoms. The van der Waals surface area contributed by atoms with Crippen LogP contribution < -0.4 is 0 Å². The minimum absolute atomic E-state index is 0.306. The summed E-state index contributed by atoms with van der Waals surface area (Å²) in [5, 5.41) is 10.4. The van der Waals surface area contributed by atoms with Gasteiger partial charge in [0.1, 0.15) is 0 Å². The summed E-state index contributed by atoms with van der Waals surface area (Å²) in [7, 11) is 0. The van der Waals surface area contributed by atoms with Gasteiger partial charge in [-0.15, -0.1) is 0 Å². The summed E-state index contributed by atoms with van der Waals surface area (Å²) in [5.74, 6) is 4.88. The molecule has 0 bridgehead atoms. The Morgan fingerprint density at radius 3 is 2.59 bits per heavy atom. The number of halogens is 1. The van der Waals surface area contributed by atoms with Crippen LogP contribution in [0.1, 0.15) is 105 Å². The van der Waals surface area contributed by atoms with Crippen molar-refractivity contribution in [1.29, 1.82) is 0 Å². The third kappa shape index (κ3) is 4.38. The maximum absolute atomic E-state index is 11.3. The second-order valence-corrected chi connectivity index (χ2v) is 13.4. The fourth-order valence-electron chi connectivity index (χ4n) is 9.23. The molecule has 0 saturated heterocycles. The highest BCUT2D eigenvalue weighted by Crippen LogP contribution is 2.68. The number of fused-ring (bicyclic) bond motifs is 5. The van der Waals surface area contributed by atoms with Crippen LogP contribution in [0.5, 0.6) is 0 Å². The molecular weight excluding hydrogens is 460 g/mol. The van der Waals surface area contributed by atoms with Gasteiger partial charge in [-0.25, -0.2) is 0 Å².